The number of nitrogens with one attached hydrogen (secondary N) is 2. The largest absolute Gasteiger partial charge is 0.465 e. The van der Waals surface area contributed by atoms with E-state index in [0.717, 1.165) is 11.3 Å². The quantitative estimate of drug-likeness (QED) is 0.680. The molecule has 1 atom stereocenters. The zero-order valence-corrected chi connectivity index (χ0v) is 12.9. The highest BCUT2D eigenvalue weighted by Crippen LogP contribution is 2.25. The van der Waals surface area contributed by atoms with Crippen molar-refractivity contribution in [2.75, 3.05) is 13.1 Å². The maximum absolute atomic E-state index is 10.3. The third-order valence-corrected chi connectivity index (χ3v) is 3.40. The fourth-order valence-electron chi connectivity index (χ4n) is 1.98. The summed E-state index contributed by atoms with van der Waals surface area (Å²) >= 11 is 5.96. The molecule has 118 valence electrons. The summed E-state index contributed by atoms with van der Waals surface area (Å²) in [6.07, 6.45) is -0.300. The Morgan fingerprint density at radius 3 is 2.95 bits per heavy atom. The Labute approximate surface area is 133 Å². The van der Waals surface area contributed by atoms with E-state index in [-0.39, 0.29) is 6.04 Å². The van der Waals surface area contributed by atoms with Gasteiger partial charge in [-0.2, -0.15) is 0 Å². The summed E-state index contributed by atoms with van der Waals surface area (Å²) in [6, 6.07) is 9.28. The first kappa shape index (κ1) is 16.3. The number of aromatic nitrogens is 1. The lowest BCUT2D eigenvalue weighted by Crippen LogP contribution is -2.27. The first-order chi connectivity index (χ1) is 10.6. The monoisotopic (exact) mass is 323 g/mol. The molecule has 1 amide bonds. The Bertz CT molecular complexity index is 630. The van der Waals surface area contributed by atoms with Gasteiger partial charge < -0.3 is 20.3 Å². The van der Waals surface area contributed by atoms with Crippen LogP contribution in [0, 0.1) is 0 Å². The maximum Gasteiger partial charge on any atom is 0.404 e. The van der Waals surface area contributed by atoms with Crippen molar-refractivity contribution >= 4 is 17.7 Å². The lowest BCUT2D eigenvalue weighted by atomic mass is 10.1. The highest BCUT2D eigenvalue weighted by atomic mass is 35.5. The van der Waals surface area contributed by atoms with Gasteiger partial charge in [0.25, 0.3) is 0 Å². The number of carboxylic acid groups (broad SMARTS) is 1. The first-order valence-electron chi connectivity index (χ1n) is 6.99. The Balaban J connectivity index is 1.86. The molecule has 1 aromatic heterocycles. The lowest BCUT2D eigenvalue weighted by molar-refractivity contribution is 0.194. The zero-order chi connectivity index (χ0) is 15.9. The normalized spacial score (nSPS) is 12.1. The number of hydrogen-bond donors (Lipinski definition) is 3. The van der Waals surface area contributed by atoms with Gasteiger partial charge in [0, 0.05) is 23.2 Å². The standard InChI is InChI=1S/C15H18ClN3O3/c1-10(17-6-3-7-18-15(20)21)13-9-14(22-19-13)11-4-2-5-12(16)8-11/h2,4-5,8-10,17-18H,3,6-7H2,1H3,(H,20,21). The van der Waals surface area contributed by atoms with Gasteiger partial charge in [-0.05, 0) is 32.0 Å². The van der Waals surface area contributed by atoms with E-state index in [1.165, 1.54) is 0 Å². The number of halogens is 1. The SMILES string of the molecule is CC(NCCCNC(=O)O)c1cc(-c2cccc(Cl)c2)on1. The molecule has 2 rings (SSSR count). The molecule has 2 aromatic rings. The van der Waals surface area contributed by atoms with E-state index >= 15 is 0 Å². The van der Waals surface area contributed by atoms with Crippen LogP contribution in [0.5, 0.6) is 0 Å². The molecule has 6 nitrogen and oxygen atoms in total. The van der Waals surface area contributed by atoms with Crippen molar-refractivity contribution in [1.29, 1.82) is 0 Å². The highest BCUT2D eigenvalue weighted by Gasteiger charge is 2.12. The summed E-state index contributed by atoms with van der Waals surface area (Å²) in [6.45, 7) is 3.08. The van der Waals surface area contributed by atoms with Crippen LogP contribution in [-0.2, 0) is 0 Å². The second kappa shape index (κ2) is 7.82. The molecule has 0 spiro atoms. The molecule has 7 heteroatoms. The van der Waals surface area contributed by atoms with Gasteiger partial charge >= 0.3 is 6.09 Å². The fraction of sp³-hybridized carbons (Fsp3) is 0.333. The number of rotatable bonds is 7. The van der Waals surface area contributed by atoms with E-state index in [1.807, 2.05) is 31.2 Å². The molecule has 0 bridgehead atoms. The Morgan fingerprint density at radius 1 is 1.41 bits per heavy atom. The molecule has 0 saturated carbocycles. The molecule has 0 aliphatic heterocycles. The van der Waals surface area contributed by atoms with Crippen molar-refractivity contribution in [2.24, 2.45) is 0 Å². The molecule has 3 N–H and O–H groups in total. The predicted molar refractivity (Wildman–Crippen MR) is 84.0 cm³/mol. The number of benzene rings is 1. The second-order valence-corrected chi connectivity index (χ2v) is 5.32. The minimum atomic E-state index is -1.00. The summed E-state index contributed by atoms with van der Waals surface area (Å²) < 4.78 is 5.35. The second-order valence-electron chi connectivity index (χ2n) is 4.89. The number of amides is 1. The van der Waals surface area contributed by atoms with Crippen LogP contribution in [0.3, 0.4) is 0 Å². The van der Waals surface area contributed by atoms with Crippen molar-refractivity contribution in [3.05, 3.63) is 41.0 Å². The Morgan fingerprint density at radius 2 is 2.23 bits per heavy atom. The smallest absolute Gasteiger partial charge is 0.404 e. The van der Waals surface area contributed by atoms with Crippen molar-refractivity contribution in [1.82, 2.24) is 15.8 Å². The van der Waals surface area contributed by atoms with Crippen LogP contribution in [-0.4, -0.2) is 29.4 Å². The van der Waals surface area contributed by atoms with Crippen LogP contribution in [0.4, 0.5) is 4.79 Å². The molecule has 0 aliphatic rings. The summed E-state index contributed by atoms with van der Waals surface area (Å²) in [5.74, 6) is 0.665. The highest BCUT2D eigenvalue weighted by molar-refractivity contribution is 6.30. The van der Waals surface area contributed by atoms with E-state index in [0.29, 0.717) is 30.3 Å². The van der Waals surface area contributed by atoms with E-state index < -0.39 is 6.09 Å². The summed E-state index contributed by atoms with van der Waals surface area (Å²) in [7, 11) is 0. The molecule has 0 fully saturated rings. The van der Waals surface area contributed by atoms with Crippen LogP contribution < -0.4 is 10.6 Å². The van der Waals surface area contributed by atoms with Crippen LogP contribution in [0.2, 0.25) is 5.02 Å². The first-order valence-corrected chi connectivity index (χ1v) is 7.37. The maximum atomic E-state index is 10.3. The molecule has 0 radical (unpaired) electrons. The molecule has 0 saturated heterocycles. The molecule has 1 heterocycles. The van der Waals surface area contributed by atoms with Crippen molar-refractivity contribution in [3.8, 4) is 11.3 Å². The van der Waals surface area contributed by atoms with Crippen molar-refractivity contribution in [2.45, 2.75) is 19.4 Å². The van der Waals surface area contributed by atoms with Gasteiger partial charge in [0.2, 0.25) is 0 Å². The lowest BCUT2D eigenvalue weighted by Gasteiger charge is -2.10. The Hall–Kier alpha value is -2.05. The van der Waals surface area contributed by atoms with Gasteiger partial charge in [0.15, 0.2) is 5.76 Å². The average Bonchev–Trinajstić information content (AvgIpc) is 2.96. The van der Waals surface area contributed by atoms with Gasteiger partial charge in [0.05, 0.1) is 6.04 Å². The van der Waals surface area contributed by atoms with Crippen LogP contribution in [0.1, 0.15) is 25.1 Å². The van der Waals surface area contributed by atoms with Crippen molar-refractivity contribution in [3.63, 3.8) is 0 Å². The van der Waals surface area contributed by atoms with E-state index in [9.17, 15) is 4.79 Å². The third-order valence-electron chi connectivity index (χ3n) is 3.16. The molecule has 1 unspecified atom stereocenters. The van der Waals surface area contributed by atoms with Gasteiger partial charge in [-0.3, -0.25) is 0 Å². The molecular weight excluding hydrogens is 306 g/mol. The molecular formula is C15H18ClN3O3. The summed E-state index contributed by atoms with van der Waals surface area (Å²) in [5, 5.41) is 18.8. The van der Waals surface area contributed by atoms with Gasteiger partial charge in [-0.15, -0.1) is 0 Å². The minimum Gasteiger partial charge on any atom is -0.465 e. The molecule has 1 aromatic carbocycles. The number of carbonyl (C=O) groups is 1. The van der Waals surface area contributed by atoms with E-state index in [2.05, 4.69) is 15.8 Å². The van der Waals surface area contributed by atoms with Crippen LogP contribution in [0.15, 0.2) is 34.9 Å². The van der Waals surface area contributed by atoms with Crippen LogP contribution in [0.25, 0.3) is 11.3 Å². The number of nitrogens with zero attached hydrogens (tertiary/aromatic N) is 1. The summed E-state index contributed by atoms with van der Waals surface area (Å²) in [5.41, 5.74) is 1.67. The summed E-state index contributed by atoms with van der Waals surface area (Å²) in [4.78, 5) is 10.3. The van der Waals surface area contributed by atoms with Gasteiger partial charge in [-0.1, -0.05) is 28.9 Å². The zero-order valence-electron chi connectivity index (χ0n) is 12.2. The predicted octanol–water partition coefficient (Wildman–Crippen LogP) is 3.30. The number of hydrogen-bond acceptors (Lipinski definition) is 4. The fourth-order valence-corrected chi connectivity index (χ4v) is 2.17. The average molecular weight is 324 g/mol. The van der Waals surface area contributed by atoms with Crippen molar-refractivity contribution < 1.29 is 14.4 Å². The third kappa shape index (κ3) is 4.75. The topological polar surface area (TPSA) is 87.4 Å². The molecule has 0 aliphatic carbocycles. The molecule has 22 heavy (non-hydrogen) atoms. The van der Waals surface area contributed by atoms with Gasteiger partial charge in [0.1, 0.15) is 5.69 Å². The Kier molecular flexibility index (Phi) is 5.80. The van der Waals surface area contributed by atoms with Gasteiger partial charge in [-0.25, -0.2) is 4.79 Å². The van der Waals surface area contributed by atoms with E-state index in [4.69, 9.17) is 21.2 Å². The minimum absolute atomic E-state index is 0.0153. The van der Waals surface area contributed by atoms with E-state index in [1.54, 1.807) is 6.07 Å². The van der Waals surface area contributed by atoms with Crippen LogP contribution >= 0.6 is 11.6 Å².